The summed E-state index contributed by atoms with van der Waals surface area (Å²) < 4.78 is 5.59. The minimum absolute atomic E-state index is 0.459. The van der Waals surface area contributed by atoms with Crippen LogP contribution in [0.2, 0.25) is 5.02 Å². The second kappa shape index (κ2) is 11.0. The summed E-state index contributed by atoms with van der Waals surface area (Å²) >= 11 is 11.6. The van der Waals surface area contributed by atoms with E-state index in [0.717, 1.165) is 66.2 Å². The largest absolute Gasteiger partial charge is 0.378 e. The van der Waals surface area contributed by atoms with Gasteiger partial charge in [0.15, 0.2) is 5.11 Å². The maximum Gasteiger partial charge on any atom is 0.191 e. The van der Waals surface area contributed by atoms with E-state index in [4.69, 9.17) is 28.6 Å². The molecule has 0 atom stereocenters. The highest BCUT2D eigenvalue weighted by atomic mass is 35.5. The zero-order valence-electron chi connectivity index (χ0n) is 19.3. The Balaban J connectivity index is 1.33. The Kier molecular flexibility index (Phi) is 7.42. The lowest BCUT2D eigenvalue weighted by molar-refractivity contribution is 0.0548. The van der Waals surface area contributed by atoms with Crippen LogP contribution in [-0.4, -0.2) is 42.5 Å². The summed E-state index contributed by atoms with van der Waals surface area (Å²) in [6, 6.07) is 22.3. The Bertz CT molecular complexity index is 1300. The third-order valence-electron chi connectivity index (χ3n) is 6.23. The van der Waals surface area contributed by atoms with Gasteiger partial charge in [-0.1, -0.05) is 60.1 Å². The lowest BCUT2D eigenvalue weighted by Gasteiger charge is -2.31. The maximum absolute atomic E-state index is 6.07. The first kappa shape index (κ1) is 23.5. The number of hydrogen-bond acceptors (Lipinski definition) is 4. The third kappa shape index (κ3) is 5.73. The van der Waals surface area contributed by atoms with Crippen molar-refractivity contribution in [2.24, 2.45) is 5.10 Å². The first-order valence-electron chi connectivity index (χ1n) is 11.8. The van der Waals surface area contributed by atoms with Crippen molar-refractivity contribution in [1.82, 2.24) is 10.3 Å². The molecule has 5 rings (SSSR count). The molecule has 7 heteroatoms. The number of fused-ring (bicyclic) bond motifs is 1. The molecule has 0 bridgehead atoms. The number of thiocarbonyl (C=S) groups is 1. The number of nitrogens with zero attached hydrogens (tertiary/aromatic N) is 2. The van der Waals surface area contributed by atoms with Gasteiger partial charge in [-0.15, -0.1) is 0 Å². The Morgan fingerprint density at radius 1 is 0.971 bits per heavy atom. The number of nitrogens with one attached hydrogen (secondary N) is 2. The molecule has 1 aliphatic carbocycles. The smallest absolute Gasteiger partial charge is 0.191 e. The number of benzene rings is 3. The second-order valence-electron chi connectivity index (χ2n) is 8.55. The van der Waals surface area contributed by atoms with Crippen molar-refractivity contribution in [3.63, 3.8) is 0 Å². The monoisotopic (exact) mass is 502 g/mol. The van der Waals surface area contributed by atoms with Gasteiger partial charge < -0.3 is 15.0 Å². The summed E-state index contributed by atoms with van der Waals surface area (Å²) in [7, 11) is 0. The van der Waals surface area contributed by atoms with Crippen LogP contribution >= 0.6 is 23.8 Å². The fourth-order valence-corrected chi connectivity index (χ4v) is 4.87. The van der Waals surface area contributed by atoms with E-state index in [2.05, 4.69) is 57.2 Å². The molecule has 0 unspecified atom stereocenters. The molecule has 2 aliphatic rings. The van der Waals surface area contributed by atoms with Gasteiger partial charge in [-0.05, 0) is 71.4 Å². The lowest BCUT2D eigenvalue weighted by atomic mass is 10.1. The summed E-state index contributed by atoms with van der Waals surface area (Å²) in [5.41, 5.74) is 8.86. The average Bonchev–Trinajstić information content (AvgIpc) is 3.28. The van der Waals surface area contributed by atoms with Crippen molar-refractivity contribution in [2.45, 2.75) is 12.8 Å². The molecule has 0 aromatic heterocycles. The van der Waals surface area contributed by atoms with Crippen LogP contribution in [0.1, 0.15) is 18.4 Å². The highest BCUT2D eigenvalue weighted by molar-refractivity contribution is 7.80. The molecule has 0 spiro atoms. The topological polar surface area (TPSA) is 48.9 Å². The summed E-state index contributed by atoms with van der Waals surface area (Å²) in [5.74, 6) is 0. The third-order valence-corrected chi connectivity index (χ3v) is 6.68. The first-order valence-corrected chi connectivity index (χ1v) is 12.6. The van der Waals surface area contributed by atoms with Crippen LogP contribution in [0.25, 0.3) is 16.8 Å². The predicted octanol–water partition coefficient (Wildman–Crippen LogP) is 6.23. The second-order valence-corrected chi connectivity index (χ2v) is 9.39. The molecule has 5 nitrogen and oxygen atoms in total. The molecule has 1 heterocycles. The molecule has 1 fully saturated rings. The van der Waals surface area contributed by atoms with E-state index in [0.29, 0.717) is 5.11 Å². The number of morpholine rings is 1. The van der Waals surface area contributed by atoms with Crippen molar-refractivity contribution in [2.75, 3.05) is 31.6 Å². The first-order chi connectivity index (χ1) is 17.2. The van der Waals surface area contributed by atoms with Gasteiger partial charge in [0, 0.05) is 34.9 Å². The van der Waals surface area contributed by atoms with Gasteiger partial charge in [0.05, 0.1) is 19.4 Å². The molecular formula is C28H27ClN4OS. The van der Waals surface area contributed by atoms with E-state index in [-0.39, 0.29) is 0 Å². The molecule has 3 aromatic rings. The molecule has 1 saturated heterocycles. The van der Waals surface area contributed by atoms with Gasteiger partial charge in [-0.2, -0.15) is 5.10 Å². The van der Waals surface area contributed by atoms with Crippen LogP contribution in [0.3, 0.4) is 0 Å². The van der Waals surface area contributed by atoms with Gasteiger partial charge in [0.1, 0.15) is 0 Å². The van der Waals surface area contributed by atoms with Crippen LogP contribution in [0.4, 0.5) is 5.69 Å². The van der Waals surface area contributed by atoms with Gasteiger partial charge in [-0.3, -0.25) is 5.43 Å². The Morgan fingerprint density at radius 3 is 2.57 bits per heavy atom. The summed E-state index contributed by atoms with van der Waals surface area (Å²) in [6.07, 6.45) is 6.06. The standard InChI is InChI=1S/C28H27ClN4OS/c29-24-12-8-20(9-13-24)18-22-10-11-23(27(22)33-14-16-34-17-15-33)19-30-32-28(35)31-26-7-3-5-21-4-1-2-6-25(21)26/h1-9,12-13,18-19H,10-11,14-17H2,(H2,31,32,35). The van der Waals surface area contributed by atoms with Gasteiger partial charge in [0.25, 0.3) is 0 Å². The van der Waals surface area contributed by atoms with E-state index < -0.39 is 0 Å². The fraction of sp³-hybridized carbons (Fsp3) is 0.214. The molecule has 1 aliphatic heterocycles. The number of hydrogen-bond donors (Lipinski definition) is 2. The van der Waals surface area contributed by atoms with E-state index in [1.165, 1.54) is 16.8 Å². The molecule has 2 N–H and O–H groups in total. The highest BCUT2D eigenvalue weighted by Crippen LogP contribution is 2.35. The molecule has 178 valence electrons. The van der Waals surface area contributed by atoms with Crippen LogP contribution in [0.5, 0.6) is 0 Å². The van der Waals surface area contributed by atoms with Crippen molar-refractivity contribution in [1.29, 1.82) is 0 Å². The lowest BCUT2D eigenvalue weighted by Crippen LogP contribution is -2.36. The van der Waals surface area contributed by atoms with Crippen molar-refractivity contribution >= 4 is 57.7 Å². The average molecular weight is 503 g/mol. The minimum Gasteiger partial charge on any atom is -0.378 e. The van der Waals surface area contributed by atoms with E-state index in [1.807, 2.05) is 42.6 Å². The van der Waals surface area contributed by atoms with Crippen molar-refractivity contribution in [3.05, 3.63) is 94.2 Å². The quantitative estimate of drug-likeness (QED) is 0.246. The van der Waals surface area contributed by atoms with E-state index in [9.17, 15) is 0 Å². The summed E-state index contributed by atoms with van der Waals surface area (Å²) in [5, 5.41) is 11.2. The van der Waals surface area contributed by atoms with Crippen molar-refractivity contribution in [3.8, 4) is 0 Å². The molecule has 0 amide bonds. The number of hydrazone groups is 1. The zero-order chi connectivity index (χ0) is 24.0. The normalized spacial score (nSPS) is 17.5. The number of halogens is 1. The zero-order valence-corrected chi connectivity index (χ0v) is 20.9. The summed E-state index contributed by atoms with van der Waals surface area (Å²) in [6.45, 7) is 3.22. The van der Waals surface area contributed by atoms with Crippen LogP contribution in [-0.2, 0) is 4.74 Å². The van der Waals surface area contributed by atoms with Crippen LogP contribution < -0.4 is 10.7 Å². The number of allylic oxidation sites excluding steroid dienone is 2. The van der Waals surface area contributed by atoms with Crippen molar-refractivity contribution < 1.29 is 4.74 Å². The van der Waals surface area contributed by atoms with Gasteiger partial charge in [0.2, 0.25) is 0 Å². The van der Waals surface area contributed by atoms with Gasteiger partial charge >= 0.3 is 0 Å². The number of anilines is 1. The maximum atomic E-state index is 6.07. The minimum atomic E-state index is 0.459. The Labute approximate surface area is 216 Å². The van der Waals surface area contributed by atoms with Crippen LogP contribution in [0, 0.1) is 0 Å². The Morgan fingerprint density at radius 2 is 1.74 bits per heavy atom. The van der Waals surface area contributed by atoms with E-state index >= 15 is 0 Å². The highest BCUT2D eigenvalue weighted by Gasteiger charge is 2.25. The molecule has 0 radical (unpaired) electrons. The summed E-state index contributed by atoms with van der Waals surface area (Å²) in [4.78, 5) is 2.41. The predicted molar refractivity (Wildman–Crippen MR) is 150 cm³/mol. The SMILES string of the molecule is S=C(NN=CC1=C(N2CCOCC2)C(=Cc2ccc(Cl)cc2)CC1)Nc1cccc2ccccc12. The molecular weight excluding hydrogens is 476 g/mol. The van der Waals surface area contributed by atoms with E-state index in [1.54, 1.807) is 0 Å². The Hall–Kier alpha value is -3.19. The fourth-order valence-electron chi connectivity index (χ4n) is 4.59. The van der Waals surface area contributed by atoms with Gasteiger partial charge in [-0.25, -0.2) is 0 Å². The molecule has 35 heavy (non-hydrogen) atoms. The van der Waals surface area contributed by atoms with Crippen LogP contribution in [0.15, 0.2) is 88.7 Å². The molecule has 0 saturated carbocycles. The number of ether oxygens (including phenoxy) is 1. The number of rotatable bonds is 5. The molecule has 3 aromatic carbocycles.